The van der Waals surface area contributed by atoms with Gasteiger partial charge in [0.25, 0.3) is 0 Å². The Morgan fingerprint density at radius 2 is 2.29 bits per heavy atom. The molecule has 1 aromatic heterocycles. The summed E-state index contributed by atoms with van der Waals surface area (Å²) in [6, 6.07) is 3.74. The van der Waals surface area contributed by atoms with Gasteiger partial charge in [-0.3, -0.25) is 0 Å². The van der Waals surface area contributed by atoms with Crippen molar-refractivity contribution < 1.29 is 4.74 Å². The molecule has 0 amide bonds. The maximum absolute atomic E-state index is 5.74. The quantitative estimate of drug-likeness (QED) is 0.698. The summed E-state index contributed by atoms with van der Waals surface area (Å²) in [5.41, 5.74) is 7.37. The van der Waals surface area contributed by atoms with Crippen molar-refractivity contribution in [2.24, 2.45) is 0 Å². The second-order valence-electron chi connectivity index (χ2n) is 3.01. The van der Waals surface area contributed by atoms with Crippen LogP contribution in [0.5, 0.6) is 0 Å². The first kappa shape index (κ1) is 10.8. The van der Waals surface area contributed by atoms with Crippen LogP contribution in [0.2, 0.25) is 0 Å². The molecule has 0 spiro atoms. The van der Waals surface area contributed by atoms with Crippen molar-refractivity contribution in [3.05, 3.63) is 17.8 Å². The van der Waals surface area contributed by atoms with E-state index in [2.05, 4.69) is 10.3 Å². The predicted molar refractivity (Wildman–Crippen MR) is 58.4 cm³/mol. The molecule has 14 heavy (non-hydrogen) atoms. The molecule has 1 rings (SSSR count). The number of hydrogen-bond donors (Lipinski definition) is 2. The van der Waals surface area contributed by atoms with Crippen LogP contribution in [0.4, 0.5) is 11.5 Å². The molecular formula is C10H17N3O. The van der Waals surface area contributed by atoms with Gasteiger partial charge in [0.1, 0.15) is 5.82 Å². The molecule has 3 N–H and O–H groups in total. The maximum atomic E-state index is 5.74. The van der Waals surface area contributed by atoms with Crippen LogP contribution in [0.15, 0.2) is 12.1 Å². The van der Waals surface area contributed by atoms with Gasteiger partial charge in [-0.05, 0) is 26.0 Å². The summed E-state index contributed by atoms with van der Waals surface area (Å²) in [4.78, 5) is 4.28. The fourth-order valence-corrected chi connectivity index (χ4v) is 1.10. The molecule has 0 atom stereocenters. The lowest BCUT2D eigenvalue weighted by atomic mass is 10.3. The number of anilines is 2. The summed E-state index contributed by atoms with van der Waals surface area (Å²) in [6.45, 7) is 6.05. The molecule has 0 aromatic carbocycles. The Hall–Kier alpha value is -1.29. The average molecular weight is 195 g/mol. The first-order chi connectivity index (χ1) is 6.74. The molecular weight excluding hydrogens is 178 g/mol. The number of rotatable bonds is 5. The highest BCUT2D eigenvalue weighted by atomic mass is 16.5. The van der Waals surface area contributed by atoms with Gasteiger partial charge in [0, 0.05) is 18.8 Å². The molecule has 0 unspecified atom stereocenters. The monoisotopic (exact) mass is 195 g/mol. The van der Waals surface area contributed by atoms with E-state index in [0.717, 1.165) is 24.7 Å². The lowest BCUT2D eigenvalue weighted by molar-refractivity contribution is 0.158. The summed E-state index contributed by atoms with van der Waals surface area (Å²) in [6.07, 6.45) is 0. The van der Waals surface area contributed by atoms with Crippen molar-refractivity contribution >= 4 is 11.5 Å². The van der Waals surface area contributed by atoms with Gasteiger partial charge in [0.2, 0.25) is 0 Å². The number of aryl methyl sites for hydroxylation is 1. The van der Waals surface area contributed by atoms with Gasteiger partial charge >= 0.3 is 0 Å². The first-order valence-corrected chi connectivity index (χ1v) is 4.78. The average Bonchev–Trinajstić information content (AvgIpc) is 2.18. The van der Waals surface area contributed by atoms with Crippen LogP contribution < -0.4 is 11.1 Å². The van der Waals surface area contributed by atoms with E-state index in [0.29, 0.717) is 12.3 Å². The number of pyridine rings is 1. The first-order valence-electron chi connectivity index (χ1n) is 4.78. The van der Waals surface area contributed by atoms with E-state index in [-0.39, 0.29) is 0 Å². The van der Waals surface area contributed by atoms with Gasteiger partial charge in [0.15, 0.2) is 0 Å². The van der Waals surface area contributed by atoms with E-state index in [4.69, 9.17) is 10.5 Å². The summed E-state index contributed by atoms with van der Waals surface area (Å²) in [7, 11) is 0. The Kier molecular flexibility index (Phi) is 4.19. The zero-order chi connectivity index (χ0) is 10.4. The topological polar surface area (TPSA) is 60.2 Å². The zero-order valence-corrected chi connectivity index (χ0v) is 8.71. The van der Waals surface area contributed by atoms with Gasteiger partial charge in [-0.25, -0.2) is 4.98 Å². The minimum atomic E-state index is 0.672. The van der Waals surface area contributed by atoms with Crippen LogP contribution in [-0.2, 0) is 4.74 Å². The Morgan fingerprint density at radius 3 is 3.00 bits per heavy atom. The Labute approximate surface area is 84.5 Å². The number of nitrogens with two attached hydrogens (primary N) is 1. The molecule has 0 aliphatic heterocycles. The fourth-order valence-electron chi connectivity index (χ4n) is 1.10. The highest BCUT2D eigenvalue weighted by Crippen LogP contribution is 2.14. The smallest absolute Gasteiger partial charge is 0.149 e. The van der Waals surface area contributed by atoms with Crippen molar-refractivity contribution in [3.63, 3.8) is 0 Å². The van der Waals surface area contributed by atoms with Crippen LogP contribution in [0.25, 0.3) is 0 Å². The molecule has 78 valence electrons. The minimum absolute atomic E-state index is 0.672. The fraction of sp³-hybridized carbons (Fsp3) is 0.500. The molecule has 4 heteroatoms. The molecule has 1 aromatic rings. The van der Waals surface area contributed by atoms with Crippen molar-refractivity contribution in [3.8, 4) is 0 Å². The Bertz CT molecular complexity index is 289. The van der Waals surface area contributed by atoms with Crippen molar-refractivity contribution in [1.82, 2.24) is 4.98 Å². The zero-order valence-electron chi connectivity index (χ0n) is 8.71. The van der Waals surface area contributed by atoms with E-state index < -0.39 is 0 Å². The van der Waals surface area contributed by atoms with Crippen molar-refractivity contribution in [2.75, 3.05) is 30.8 Å². The molecule has 0 saturated carbocycles. The van der Waals surface area contributed by atoms with Gasteiger partial charge in [-0.2, -0.15) is 0 Å². The SMILES string of the molecule is CCOCCNc1nc(C)ccc1N. The van der Waals surface area contributed by atoms with Crippen molar-refractivity contribution in [2.45, 2.75) is 13.8 Å². The van der Waals surface area contributed by atoms with Gasteiger partial charge in [-0.1, -0.05) is 0 Å². The maximum Gasteiger partial charge on any atom is 0.149 e. The second-order valence-corrected chi connectivity index (χ2v) is 3.01. The van der Waals surface area contributed by atoms with Crippen LogP contribution in [0, 0.1) is 6.92 Å². The summed E-state index contributed by atoms with van der Waals surface area (Å²) < 4.78 is 5.19. The third-order valence-corrected chi connectivity index (χ3v) is 1.81. The minimum Gasteiger partial charge on any atom is -0.396 e. The van der Waals surface area contributed by atoms with Crippen molar-refractivity contribution in [1.29, 1.82) is 0 Å². The Morgan fingerprint density at radius 1 is 1.50 bits per heavy atom. The number of nitrogen functional groups attached to an aromatic ring is 1. The number of hydrogen-bond acceptors (Lipinski definition) is 4. The van der Waals surface area contributed by atoms with Gasteiger partial charge in [-0.15, -0.1) is 0 Å². The second kappa shape index (κ2) is 5.44. The summed E-state index contributed by atoms with van der Waals surface area (Å²) in [5, 5.41) is 3.13. The van der Waals surface area contributed by atoms with E-state index in [1.54, 1.807) is 0 Å². The molecule has 0 bridgehead atoms. The lowest BCUT2D eigenvalue weighted by Crippen LogP contribution is -2.12. The third kappa shape index (κ3) is 3.22. The Balaban J connectivity index is 2.45. The van der Waals surface area contributed by atoms with E-state index in [1.165, 1.54) is 0 Å². The molecule has 1 heterocycles. The van der Waals surface area contributed by atoms with Crippen LogP contribution >= 0.6 is 0 Å². The molecule has 0 fully saturated rings. The van der Waals surface area contributed by atoms with Crippen LogP contribution in [0.3, 0.4) is 0 Å². The van der Waals surface area contributed by atoms with E-state index >= 15 is 0 Å². The number of nitrogens with zero attached hydrogens (tertiary/aromatic N) is 1. The predicted octanol–water partition coefficient (Wildman–Crippen LogP) is 1.42. The normalized spacial score (nSPS) is 10.1. The number of ether oxygens (including phenoxy) is 1. The third-order valence-electron chi connectivity index (χ3n) is 1.81. The largest absolute Gasteiger partial charge is 0.396 e. The molecule has 0 radical (unpaired) electrons. The van der Waals surface area contributed by atoms with Crippen LogP contribution in [0.1, 0.15) is 12.6 Å². The van der Waals surface area contributed by atoms with E-state index in [9.17, 15) is 0 Å². The molecule has 0 saturated heterocycles. The standard InChI is InChI=1S/C10H17N3O/c1-3-14-7-6-12-10-9(11)5-4-8(2)13-10/h4-5H,3,6-7,11H2,1-2H3,(H,12,13). The summed E-state index contributed by atoms with van der Waals surface area (Å²) >= 11 is 0. The highest BCUT2D eigenvalue weighted by Gasteiger charge is 1.99. The molecule has 0 aliphatic rings. The van der Waals surface area contributed by atoms with Gasteiger partial charge in [0.05, 0.1) is 12.3 Å². The van der Waals surface area contributed by atoms with E-state index in [1.807, 2.05) is 26.0 Å². The number of nitrogens with one attached hydrogen (secondary N) is 1. The highest BCUT2D eigenvalue weighted by molar-refractivity contribution is 5.61. The number of aromatic nitrogens is 1. The van der Waals surface area contributed by atoms with Crippen LogP contribution in [-0.4, -0.2) is 24.7 Å². The van der Waals surface area contributed by atoms with Gasteiger partial charge < -0.3 is 15.8 Å². The summed E-state index contributed by atoms with van der Waals surface area (Å²) in [5.74, 6) is 0.740. The molecule has 4 nitrogen and oxygen atoms in total. The molecule has 0 aliphatic carbocycles. The lowest BCUT2D eigenvalue weighted by Gasteiger charge is -2.08.